The Hall–Kier alpha value is -1.96. The fraction of sp³-hybridized carbons (Fsp3) is 0.400. The molecule has 118 valence electrons. The van der Waals surface area contributed by atoms with Crippen molar-refractivity contribution in [1.82, 2.24) is 0 Å². The first-order valence-corrected chi connectivity index (χ1v) is 8.02. The van der Waals surface area contributed by atoms with Crippen LogP contribution in [0.5, 0.6) is 5.75 Å². The Balaban J connectivity index is 1.91. The molecule has 0 bridgehead atoms. The van der Waals surface area contributed by atoms with E-state index < -0.39 is 0 Å². The number of aryl methyl sites for hydroxylation is 3. The molecule has 0 aromatic heterocycles. The lowest BCUT2D eigenvalue weighted by molar-refractivity contribution is 0.328. The van der Waals surface area contributed by atoms with E-state index in [4.69, 9.17) is 4.74 Å². The minimum atomic E-state index is 0.475. The summed E-state index contributed by atoms with van der Waals surface area (Å²) in [4.78, 5) is 0. The molecule has 0 radical (unpaired) electrons. The molecule has 0 heterocycles. The van der Waals surface area contributed by atoms with Crippen molar-refractivity contribution in [3.8, 4) is 5.75 Å². The monoisotopic (exact) mass is 297 g/mol. The molecule has 0 saturated heterocycles. The van der Waals surface area contributed by atoms with Gasteiger partial charge in [-0.3, -0.25) is 0 Å². The van der Waals surface area contributed by atoms with Crippen LogP contribution in [0.2, 0.25) is 0 Å². The largest absolute Gasteiger partial charge is 0.491 e. The molecule has 0 aliphatic rings. The second-order valence-corrected chi connectivity index (χ2v) is 6.27. The van der Waals surface area contributed by atoms with E-state index in [-0.39, 0.29) is 0 Å². The van der Waals surface area contributed by atoms with Crippen molar-refractivity contribution in [3.63, 3.8) is 0 Å². The highest BCUT2D eigenvalue weighted by Crippen LogP contribution is 2.27. The SMILES string of the molecule is Cc1ccc(C(C)C)c(OCCNc2ccc(C)c(C)c2)c1. The molecule has 22 heavy (non-hydrogen) atoms. The van der Waals surface area contributed by atoms with Gasteiger partial charge in [0.25, 0.3) is 0 Å². The van der Waals surface area contributed by atoms with Crippen molar-refractivity contribution in [2.45, 2.75) is 40.5 Å². The number of benzene rings is 2. The highest BCUT2D eigenvalue weighted by atomic mass is 16.5. The van der Waals surface area contributed by atoms with E-state index in [0.29, 0.717) is 12.5 Å². The standard InChI is InChI=1S/C20H27NO/c1-14(2)19-9-6-15(3)12-20(19)22-11-10-21-18-8-7-16(4)17(5)13-18/h6-9,12-14,21H,10-11H2,1-5H3. The van der Waals surface area contributed by atoms with Gasteiger partial charge in [-0.25, -0.2) is 0 Å². The van der Waals surface area contributed by atoms with Crippen LogP contribution >= 0.6 is 0 Å². The van der Waals surface area contributed by atoms with Gasteiger partial charge in [-0.1, -0.05) is 32.0 Å². The predicted molar refractivity (Wildman–Crippen MR) is 95.2 cm³/mol. The molecular weight excluding hydrogens is 270 g/mol. The highest BCUT2D eigenvalue weighted by molar-refractivity contribution is 5.48. The van der Waals surface area contributed by atoms with Gasteiger partial charge in [0.1, 0.15) is 12.4 Å². The molecule has 0 fully saturated rings. The van der Waals surface area contributed by atoms with Gasteiger partial charge < -0.3 is 10.1 Å². The molecule has 0 aliphatic carbocycles. The number of hydrogen-bond donors (Lipinski definition) is 1. The summed E-state index contributed by atoms with van der Waals surface area (Å²) in [5, 5.41) is 3.42. The Bertz CT molecular complexity index is 632. The van der Waals surface area contributed by atoms with Crippen LogP contribution in [0.1, 0.15) is 42.0 Å². The molecule has 2 heteroatoms. The minimum Gasteiger partial charge on any atom is -0.491 e. The minimum absolute atomic E-state index is 0.475. The number of ether oxygens (including phenoxy) is 1. The zero-order chi connectivity index (χ0) is 16.1. The molecule has 2 rings (SSSR count). The van der Waals surface area contributed by atoms with Crippen molar-refractivity contribution >= 4 is 5.69 Å². The smallest absolute Gasteiger partial charge is 0.123 e. The second kappa shape index (κ2) is 7.35. The van der Waals surface area contributed by atoms with E-state index in [1.54, 1.807) is 0 Å². The maximum atomic E-state index is 5.99. The molecule has 0 aliphatic heterocycles. The van der Waals surface area contributed by atoms with Gasteiger partial charge in [-0.05, 0) is 67.1 Å². The summed E-state index contributed by atoms with van der Waals surface area (Å²) >= 11 is 0. The van der Waals surface area contributed by atoms with E-state index in [2.05, 4.69) is 76.3 Å². The lowest BCUT2D eigenvalue weighted by Gasteiger charge is -2.15. The zero-order valence-electron chi connectivity index (χ0n) is 14.4. The molecule has 0 unspecified atom stereocenters. The summed E-state index contributed by atoms with van der Waals surface area (Å²) in [6.45, 7) is 12.2. The van der Waals surface area contributed by atoms with E-state index in [1.807, 2.05) is 0 Å². The maximum Gasteiger partial charge on any atom is 0.123 e. The first-order valence-electron chi connectivity index (χ1n) is 8.02. The van der Waals surface area contributed by atoms with Gasteiger partial charge >= 0.3 is 0 Å². The van der Waals surface area contributed by atoms with Gasteiger partial charge in [0.05, 0.1) is 0 Å². The third-order valence-electron chi connectivity index (χ3n) is 3.99. The predicted octanol–water partition coefficient (Wildman–Crippen LogP) is 5.23. The number of anilines is 1. The van der Waals surface area contributed by atoms with Gasteiger partial charge in [-0.2, -0.15) is 0 Å². The normalized spacial score (nSPS) is 10.8. The lowest BCUT2D eigenvalue weighted by Crippen LogP contribution is -2.12. The Morgan fingerprint density at radius 2 is 1.73 bits per heavy atom. The molecule has 1 N–H and O–H groups in total. The van der Waals surface area contributed by atoms with Crippen molar-refractivity contribution < 1.29 is 4.74 Å². The van der Waals surface area contributed by atoms with Crippen molar-refractivity contribution in [3.05, 3.63) is 58.7 Å². The molecule has 0 amide bonds. The molecule has 2 aromatic carbocycles. The average molecular weight is 297 g/mol. The van der Waals surface area contributed by atoms with Crippen LogP contribution in [-0.2, 0) is 0 Å². The first-order chi connectivity index (χ1) is 10.5. The summed E-state index contributed by atoms with van der Waals surface area (Å²) < 4.78 is 5.99. The van der Waals surface area contributed by atoms with E-state index in [1.165, 1.54) is 22.3 Å². The van der Waals surface area contributed by atoms with Crippen molar-refractivity contribution in [2.24, 2.45) is 0 Å². The molecular formula is C20H27NO. The summed E-state index contributed by atoms with van der Waals surface area (Å²) in [5.74, 6) is 1.49. The molecule has 0 saturated carbocycles. The van der Waals surface area contributed by atoms with Crippen LogP contribution in [0.15, 0.2) is 36.4 Å². The lowest BCUT2D eigenvalue weighted by atomic mass is 10.0. The quantitative estimate of drug-likeness (QED) is 0.737. The average Bonchev–Trinajstić information content (AvgIpc) is 2.47. The van der Waals surface area contributed by atoms with Crippen LogP contribution in [0.4, 0.5) is 5.69 Å². The summed E-state index contributed by atoms with van der Waals surface area (Å²) in [6.07, 6.45) is 0. The zero-order valence-corrected chi connectivity index (χ0v) is 14.4. The summed E-state index contributed by atoms with van der Waals surface area (Å²) in [7, 11) is 0. The fourth-order valence-electron chi connectivity index (χ4n) is 2.45. The Morgan fingerprint density at radius 1 is 0.955 bits per heavy atom. The number of hydrogen-bond acceptors (Lipinski definition) is 2. The molecule has 2 aromatic rings. The van der Waals surface area contributed by atoms with E-state index in [0.717, 1.165) is 18.0 Å². The van der Waals surface area contributed by atoms with E-state index >= 15 is 0 Å². The van der Waals surface area contributed by atoms with Gasteiger partial charge in [-0.15, -0.1) is 0 Å². The maximum absolute atomic E-state index is 5.99. The first kappa shape index (κ1) is 16.4. The number of rotatable bonds is 6. The van der Waals surface area contributed by atoms with Gasteiger partial charge in [0, 0.05) is 12.2 Å². The Kier molecular flexibility index (Phi) is 5.48. The molecule has 0 spiro atoms. The number of nitrogens with one attached hydrogen (secondary N) is 1. The summed E-state index contributed by atoms with van der Waals surface area (Å²) in [5.41, 5.74) is 6.30. The Labute approximate surface area is 134 Å². The van der Waals surface area contributed by atoms with Crippen LogP contribution in [-0.4, -0.2) is 13.2 Å². The third kappa shape index (κ3) is 4.27. The van der Waals surface area contributed by atoms with E-state index in [9.17, 15) is 0 Å². The summed E-state index contributed by atoms with van der Waals surface area (Å²) in [6, 6.07) is 12.9. The molecule has 2 nitrogen and oxygen atoms in total. The highest BCUT2D eigenvalue weighted by Gasteiger charge is 2.07. The van der Waals surface area contributed by atoms with Crippen LogP contribution < -0.4 is 10.1 Å². The van der Waals surface area contributed by atoms with Crippen molar-refractivity contribution in [1.29, 1.82) is 0 Å². The van der Waals surface area contributed by atoms with Gasteiger partial charge in [0.2, 0.25) is 0 Å². The third-order valence-corrected chi connectivity index (χ3v) is 3.99. The van der Waals surface area contributed by atoms with Crippen LogP contribution in [0.3, 0.4) is 0 Å². The van der Waals surface area contributed by atoms with Gasteiger partial charge in [0.15, 0.2) is 0 Å². The topological polar surface area (TPSA) is 21.3 Å². The van der Waals surface area contributed by atoms with Crippen LogP contribution in [0, 0.1) is 20.8 Å². The fourth-order valence-corrected chi connectivity index (χ4v) is 2.45. The second-order valence-electron chi connectivity index (χ2n) is 6.27. The van der Waals surface area contributed by atoms with Crippen molar-refractivity contribution in [2.75, 3.05) is 18.5 Å². The van der Waals surface area contributed by atoms with Crippen LogP contribution in [0.25, 0.3) is 0 Å². The molecule has 0 atom stereocenters. The Morgan fingerprint density at radius 3 is 2.41 bits per heavy atom.